The molecule has 3 unspecified atom stereocenters. The molecule has 12 nitrogen and oxygen atoms in total. The zero-order valence-electron chi connectivity index (χ0n) is 21.5. The molecule has 0 amide bonds. The Morgan fingerprint density at radius 2 is 1.23 bits per heavy atom. The molecule has 13 heteroatoms. The average molecular weight is 544 g/mol. The summed E-state index contributed by atoms with van der Waals surface area (Å²) in [6.45, 7) is 0.156. The first kappa shape index (κ1) is 28.2. The minimum absolute atomic E-state index is 0.0318. The molecule has 208 valence electrons. The molecular formula is C26H29BO12. The van der Waals surface area contributed by atoms with Crippen LogP contribution in [0.4, 0.5) is 0 Å². The number of methoxy groups -OCH3 is 1. The van der Waals surface area contributed by atoms with Gasteiger partial charge < -0.3 is 37.6 Å². The van der Waals surface area contributed by atoms with Gasteiger partial charge in [-0.3, -0.25) is 0 Å². The van der Waals surface area contributed by atoms with Crippen molar-refractivity contribution in [1.29, 1.82) is 0 Å². The van der Waals surface area contributed by atoms with Crippen LogP contribution in [0.3, 0.4) is 0 Å². The highest BCUT2D eigenvalue weighted by Gasteiger charge is 2.55. The smallest absolute Gasteiger partial charge is 0.601 e. The van der Waals surface area contributed by atoms with E-state index in [1.165, 1.54) is 55.6 Å². The normalized spacial score (nSPS) is 21.9. The van der Waals surface area contributed by atoms with E-state index in [0.29, 0.717) is 12.2 Å². The van der Waals surface area contributed by atoms with Crippen molar-refractivity contribution in [2.45, 2.75) is 25.6 Å². The van der Waals surface area contributed by atoms with Crippen LogP contribution in [0.25, 0.3) is 0 Å². The Morgan fingerprint density at radius 3 is 1.69 bits per heavy atom. The summed E-state index contributed by atoms with van der Waals surface area (Å²) in [5.41, 5.74) is 0.981. The summed E-state index contributed by atoms with van der Waals surface area (Å²) in [5, 5.41) is 0. The Kier molecular flexibility index (Phi) is 9.30. The van der Waals surface area contributed by atoms with E-state index < -0.39 is 36.9 Å². The maximum Gasteiger partial charge on any atom is 0.730 e. The second-order valence-electron chi connectivity index (χ2n) is 8.76. The molecule has 2 saturated heterocycles. The lowest BCUT2D eigenvalue weighted by Gasteiger charge is -2.22. The average Bonchev–Trinajstić information content (AvgIpc) is 3.58. The fraction of sp³-hybridized carbons (Fsp3) is 0.385. The van der Waals surface area contributed by atoms with Crippen molar-refractivity contribution in [3.63, 3.8) is 0 Å². The monoisotopic (exact) mass is 544 g/mol. The summed E-state index contributed by atoms with van der Waals surface area (Å²) in [4.78, 5) is 48.2. The highest BCUT2D eigenvalue weighted by Crippen LogP contribution is 2.27. The summed E-state index contributed by atoms with van der Waals surface area (Å²) in [5.74, 6) is -2.39. The lowest BCUT2D eigenvalue weighted by atomic mass is 10.1. The third-order valence-electron chi connectivity index (χ3n) is 6.07. The first-order valence-corrected chi connectivity index (χ1v) is 12.4. The van der Waals surface area contributed by atoms with Crippen molar-refractivity contribution < 1.29 is 56.7 Å². The van der Waals surface area contributed by atoms with Crippen LogP contribution in [0, 0.1) is 0 Å². The summed E-state index contributed by atoms with van der Waals surface area (Å²) < 4.78 is 41.4. The summed E-state index contributed by atoms with van der Waals surface area (Å²) >= 11 is 0. The summed E-state index contributed by atoms with van der Waals surface area (Å²) in [7, 11) is 1.26. The van der Waals surface area contributed by atoms with Gasteiger partial charge >= 0.3 is 30.8 Å². The lowest BCUT2D eigenvalue weighted by molar-refractivity contribution is -0.0306. The Labute approximate surface area is 224 Å². The largest absolute Gasteiger partial charge is 0.730 e. The van der Waals surface area contributed by atoms with Gasteiger partial charge in [-0.2, -0.15) is 0 Å². The molecule has 4 rings (SSSR count). The van der Waals surface area contributed by atoms with Gasteiger partial charge in [-0.25, -0.2) is 19.2 Å². The molecular weight excluding hydrogens is 515 g/mol. The zero-order chi connectivity index (χ0) is 27.8. The third kappa shape index (κ3) is 7.21. The van der Waals surface area contributed by atoms with Crippen molar-refractivity contribution in [2.24, 2.45) is 0 Å². The first-order chi connectivity index (χ1) is 18.8. The van der Waals surface area contributed by atoms with Crippen molar-refractivity contribution in [1.82, 2.24) is 0 Å². The molecule has 2 aromatic carbocycles. The van der Waals surface area contributed by atoms with Crippen LogP contribution in [0.15, 0.2) is 48.5 Å². The number of hydrogen-bond donors (Lipinski definition) is 0. The second kappa shape index (κ2) is 12.8. The molecule has 1 spiro atoms. The maximum absolute atomic E-state index is 12.4. The van der Waals surface area contributed by atoms with Crippen LogP contribution < -0.4 is 0 Å². The highest BCUT2D eigenvalue weighted by atomic mass is 16.9. The van der Waals surface area contributed by atoms with Crippen LogP contribution >= 0.6 is 0 Å². The van der Waals surface area contributed by atoms with E-state index in [2.05, 4.69) is 9.39 Å². The van der Waals surface area contributed by atoms with E-state index in [4.69, 9.17) is 28.2 Å². The Balaban J connectivity index is 1.16. The molecule has 2 heterocycles. The van der Waals surface area contributed by atoms with E-state index in [1.807, 2.05) is 6.92 Å². The SMILES string of the molecule is CCC1CO[B-]2(OCC(COC(=O)c3ccc(C(=O)OCCOC(=O)c4ccc(C(=O)OC)cc4)cc3)O2)[OH+]1. The number of esters is 4. The van der Waals surface area contributed by atoms with Gasteiger partial charge in [0.2, 0.25) is 0 Å². The van der Waals surface area contributed by atoms with Gasteiger partial charge in [0.25, 0.3) is 0 Å². The third-order valence-corrected chi connectivity index (χ3v) is 6.07. The molecule has 2 aliphatic rings. The molecule has 1 N–H and O–H groups in total. The maximum atomic E-state index is 12.4. The van der Waals surface area contributed by atoms with Crippen molar-refractivity contribution in [3.05, 3.63) is 70.8 Å². The fourth-order valence-corrected chi connectivity index (χ4v) is 3.89. The minimum atomic E-state index is -2.12. The standard InChI is InChI=1S/C26H29BO12/c1-3-21-15-36-27(38-21)37-16-22(39-27)14-35-26(31)20-10-8-19(9-11-20)25(30)34-13-12-33-24(29)18-6-4-17(5-7-18)23(28)32-2/h4-11,21-22,38H,3,12-16H2,1-2H3. The van der Waals surface area contributed by atoms with E-state index >= 15 is 0 Å². The Bertz CT molecular complexity index is 1180. The number of hydrogen-bond acceptors (Lipinski definition) is 11. The minimum Gasteiger partial charge on any atom is -0.601 e. The molecule has 2 aromatic rings. The Morgan fingerprint density at radius 1 is 0.769 bits per heavy atom. The predicted octanol–water partition coefficient (Wildman–Crippen LogP) is 1.83. The molecule has 3 atom stereocenters. The van der Waals surface area contributed by atoms with Crippen LogP contribution in [-0.4, -0.2) is 87.8 Å². The van der Waals surface area contributed by atoms with Crippen molar-refractivity contribution in [3.8, 4) is 0 Å². The van der Waals surface area contributed by atoms with Gasteiger partial charge in [0.15, 0.2) is 0 Å². The molecule has 0 radical (unpaired) electrons. The van der Waals surface area contributed by atoms with Crippen LogP contribution in [0.5, 0.6) is 0 Å². The van der Waals surface area contributed by atoms with Crippen LogP contribution in [0.1, 0.15) is 54.8 Å². The molecule has 2 aliphatic heterocycles. The summed E-state index contributed by atoms with van der Waals surface area (Å²) in [6, 6.07) is 11.5. The molecule has 2 fully saturated rings. The van der Waals surface area contributed by atoms with Gasteiger partial charge in [0.1, 0.15) is 25.9 Å². The molecule has 39 heavy (non-hydrogen) atoms. The Hall–Kier alpha value is -3.78. The van der Waals surface area contributed by atoms with Gasteiger partial charge in [-0.1, -0.05) is 6.92 Å². The topological polar surface area (TPSA) is 146 Å². The quantitative estimate of drug-likeness (QED) is 0.142. The summed E-state index contributed by atoms with van der Waals surface area (Å²) in [6.07, 6.45) is 0.365. The first-order valence-electron chi connectivity index (χ1n) is 12.4. The molecule has 0 saturated carbocycles. The zero-order valence-corrected chi connectivity index (χ0v) is 21.5. The molecule has 0 bridgehead atoms. The second-order valence-corrected chi connectivity index (χ2v) is 8.76. The highest BCUT2D eigenvalue weighted by molar-refractivity contribution is 6.53. The number of aliphatic hydroxyl groups is 1. The van der Waals surface area contributed by atoms with E-state index in [-0.39, 0.29) is 49.2 Å². The van der Waals surface area contributed by atoms with E-state index in [9.17, 15) is 19.2 Å². The lowest BCUT2D eigenvalue weighted by Crippen LogP contribution is -2.44. The van der Waals surface area contributed by atoms with Gasteiger partial charge in [0, 0.05) is 13.0 Å². The van der Waals surface area contributed by atoms with Crippen LogP contribution in [-0.2, 0) is 32.9 Å². The van der Waals surface area contributed by atoms with Crippen LogP contribution in [0.2, 0.25) is 0 Å². The predicted molar refractivity (Wildman–Crippen MR) is 134 cm³/mol. The van der Waals surface area contributed by atoms with Gasteiger partial charge in [-0.05, 0) is 48.5 Å². The number of ether oxygens (including phenoxy) is 4. The van der Waals surface area contributed by atoms with E-state index in [1.54, 1.807) is 0 Å². The van der Waals surface area contributed by atoms with Crippen molar-refractivity contribution >= 4 is 30.8 Å². The number of rotatable bonds is 10. The fourth-order valence-electron chi connectivity index (χ4n) is 3.89. The van der Waals surface area contributed by atoms with Gasteiger partial charge in [0.05, 0.1) is 42.1 Å². The van der Waals surface area contributed by atoms with Crippen molar-refractivity contribution in [2.75, 3.05) is 40.1 Å². The number of carbonyl (C=O) groups is 4. The van der Waals surface area contributed by atoms with E-state index in [0.717, 1.165) is 6.42 Å². The molecule has 0 aliphatic carbocycles. The number of carbonyl (C=O) groups excluding carboxylic acids is 4. The number of benzene rings is 2. The molecule has 0 aromatic heterocycles. The van der Waals surface area contributed by atoms with Gasteiger partial charge in [-0.15, -0.1) is 0 Å².